The van der Waals surface area contributed by atoms with Gasteiger partial charge in [-0.2, -0.15) is 0 Å². The third-order valence-corrected chi connectivity index (χ3v) is 9.28. The molecule has 3 heterocycles. The molecule has 6 nitrogen and oxygen atoms in total. The number of thiophene rings is 2. The standard InChI is InChI=1S/C24H24FN3O2S2.C5H12O/c25-19-7-3-1-6-16(19)22-17(15-9-10-26-12-21(15)31-22)11-27-24(30)28-23-18(13-29)14-5-2-4-8-20(14)32-23;1-5(2,3)6-4/h1,3,6-7,13,26H,2,4-5,8-12H2,(H2,27,28,30);1-4H3. The van der Waals surface area contributed by atoms with Crippen LogP contribution in [0.1, 0.15) is 70.4 Å². The molecule has 0 unspecified atom stereocenters. The number of methoxy groups -OCH3 is 1. The maximum absolute atomic E-state index is 14.6. The maximum atomic E-state index is 14.6. The Morgan fingerprint density at radius 3 is 2.55 bits per heavy atom. The van der Waals surface area contributed by atoms with Crippen molar-refractivity contribution in [3.05, 3.63) is 62.1 Å². The van der Waals surface area contributed by atoms with Gasteiger partial charge in [0.15, 0.2) is 6.29 Å². The molecule has 38 heavy (non-hydrogen) atoms. The SMILES string of the molecule is COC(C)(C)C.O=Cc1c(NC(=O)NCc2c(-c3ccccc3F)sc3c2CCNC3)sc2c1CCCC2. The number of carbonyl (C=O) groups excluding carboxylic acids is 2. The van der Waals surface area contributed by atoms with Gasteiger partial charge in [-0.05, 0) is 82.2 Å². The fourth-order valence-electron chi connectivity index (χ4n) is 4.57. The number of amides is 2. The highest BCUT2D eigenvalue weighted by molar-refractivity contribution is 7.17. The first kappa shape index (κ1) is 28.4. The zero-order chi connectivity index (χ0) is 27.3. The molecule has 0 spiro atoms. The number of ether oxygens (including phenoxy) is 1. The Balaban J connectivity index is 0.000000505. The van der Waals surface area contributed by atoms with Gasteiger partial charge in [-0.1, -0.05) is 18.2 Å². The van der Waals surface area contributed by atoms with Crippen molar-refractivity contribution in [3.8, 4) is 10.4 Å². The monoisotopic (exact) mass is 557 g/mol. The van der Waals surface area contributed by atoms with E-state index in [0.717, 1.165) is 67.5 Å². The molecule has 0 atom stereocenters. The van der Waals surface area contributed by atoms with Crippen LogP contribution in [0.5, 0.6) is 0 Å². The van der Waals surface area contributed by atoms with Crippen molar-refractivity contribution in [1.29, 1.82) is 0 Å². The molecule has 0 fully saturated rings. The van der Waals surface area contributed by atoms with Gasteiger partial charge in [-0.15, -0.1) is 22.7 Å². The molecule has 0 radical (unpaired) electrons. The van der Waals surface area contributed by atoms with Gasteiger partial charge in [-0.25, -0.2) is 9.18 Å². The van der Waals surface area contributed by atoms with Crippen molar-refractivity contribution in [2.24, 2.45) is 0 Å². The molecule has 2 aliphatic rings. The number of anilines is 1. The summed E-state index contributed by atoms with van der Waals surface area (Å²) in [4.78, 5) is 27.7. The van der Waals surface area contributed by atoms with E-state index < -0.39 is 0 Å². The van der Waals surface area contributed by atoms with E-state index in [2.05, 4.69) is 16.0 Å². The molecular weight excluding hydrogens is 521 g/mol. The van der Waals surface area contributed by atoms with Gasteiger partial charge < -0.3 is 15.4 Å². The number of benzene rings is 1. The van der Waals surface area contributed by atoms with E-state index >= 15 is 0 Å². The topological polar surface area (TPSA) is 79.5 Å². The van der Waals surface area contributed by atoms with Crippen LogP contribution in [0.2, 0.25) is 0 Å². The van der Waals surface area contributed by atoms with E-state index in [1.807, 2.05) is 26.8 Å². The molecule has 3 aromatic rings. The lowest BCUT2D eigenvalue weighted by atomic mass is 9.96. The summed E-state index contributed by atoms with van der Waals surface area (Å²) in [5.74, 6) is -0.260. The van der Waals surface area contributed by atoms with Crippen molar-refractivity contribution < 1.29 is 18.7 Å². The van der Waals surface area contributed by atoms with Crippen LogP contribution < -0.4 is 16.0 Å². The van der Waals surface area contributed by atoms with Crippen molar-refractivity contribution in [2.45, 2.75) is 71.6 Å². The van der Waals surface area contributed by atoms with Crippen LogP contribution in [0.25, 0.3) is 10.4 Å². The van der Waals surface area contributed by atoms with E-state index in [4.69, 9.17) is 4.74 Å². The van der Waals surface area contributed by atoms with Crippen molar-refractivity contribution in [3.63, 3.8) is 0 Å². The normalized spacial score (nSPS) is 14.6. The summed E-state index contributed by atoms with van der Waals surface area (Å²) in [5.41, 5.74) is 4.50. The fourth-order valence-corrected chi connectivity index (χ4v) is 7.19. The molecule has 1 aliphatic heterocycles. The first-order chi connectivity index (χ1) is 18.2. The number of aryl methyl sites for hydroxylation is 1. The van der Waals surface area contributed by atoms with Crippen LogP contribution in [0.15, 0.2) is 24.3 Å². The second-order valence-corrected chi connectivity index (χ2v) is 12.6. The molecule has 5 rings (SSSR count). The molecule has 0 saturated heterocycles. The van der Waals surface area contributed by atoms with Crippen LogP contribution >= 0.6 is 22.7 Å². The summed E-state index contributed by atoms with van der Waals surface area (Å²) in [6.45, 7) is 8.00. The van der Waals surface area contributed by atoms with Gasteiger partial charge in [0.2, 0.25) is 0 Å². The molecule has 3 N–H and O–H groups in total. The van der Waals surface area contributed by atoms with E-state index in [-0.39, 0.29) is 17.4 Å². The first-order valence-corrected chi connectivity index (χ1v) is 14.6. The largest absolute Gasteiger partial charge is 0.379 e. The van der Waals surface area contributed by atoms with E-state index in [0.29, 0.717) is 22.7 Å². The van der Waals surface area contributed by atoms with Crippen LogP contribution in [-0.4, -0.2) is 31.6 Å². The van der Waals surface area contributed by atoms with Gasteiger partial charge in [0, 0.05) is 40.4 Å². The number of rotatable bonds is 5. The maximum Gasteiger partial charge on any atom is 0.320 e. The van der Waals surface area contributed by atoms with Crippen LogP contribution in [0, 0.1) is 5.82 Å². The number of nitrogens with one attached hydrogen (secondary N) is 3. The number of carbonyl (C=O) groups is 2. The molecule has 1 aromatic carbocycles. The average molecular weight is 558 g/mol. The number of hydrogen-bond donors (Lipinski definition) is 3. The summed E-state index contributed by atoms with van der Waals surface area (Å²) in [6.07, 6.45) is 5.76. The predicted molar refractivity (Wildman–Crippen MR) is 154 cm³/mol. The van der Waals surface area contributed by atoms with Gasteiger partial charge in [0.05, 0.1) is 11.2 Å². The van der Waals surface area contributed by atoms with Crippen LogP contribution in [0.4, 0.5) is 14.2 Å². The Morgan fingerprint density at radius 1 is 1.11 bits per heavy atom. The fraction of sp³-hybridized carbons (Fsp3) is 0.448. The van der Waals surface area contributed by atoms with Gasteiger partial charge in [-0.3, -0.25) is 10.1 Å². The highest BCUT2D eigenvalue weighted by Crippen LogP contribution is 2.40. The summed E-state index contributed by atoms with van der Waals surface area (Å²) < 4.78 is 19.5. The minimum absolute atomic E-state index is 0.0417. The molecule has 2 aromatic heterocycles. The smallest absolute Gasteiger partial charge is 0.320 e. The minimum Gasteiger partial charge on any atom is -0.379 e. The summed E-state index contributed by atoms with van der Waals surface area (Å²) >= 11 is 3.09. The second kappa shape index (κ2) is 12.5. The molecule has 2 amide bonds. The minimum atomic E-state index is -0.347. The van der Waals surface area contributed by atoms with Crippen molar-refractivity contribution in [2.75, 3.05) is 19.0 Å². The Bertz CT molecular complexity index is 1290. The van der Waals surface area contributed by atoms with Crippen molar-refractivity contribution in [1.82, 2.24) is 10.6 Å². The Labute approximate surface area is 232 Å². The number of halogens is 1. The summed E-state index contributed by atoms with van der Waals surface area (Å²) in [7, 11) is 1.71. The van der Waals surface area contributed by atoms with E-state index in [1.165, 1.54) is 32.7 Å². The quantitative estimate of drug-likeness (QED) is 0.305. The Kier molecular flexibility index (Phi) is 9.36. The molecule has 0 bridgehead atoms. The summed E-state index contributed by atoms with van der Waals surface area (Å²) in [6, 6.07) is 6.43. The Morgan fingerprint density at radius 2 is 1.84 bits per heavy atom. The predicted octanol–water partition coefficient (Wildman–Crippen LogP) is 6.71. The number of fused-ring (bicyclic) bond motifs is 2. The Hall–Kier alpha value is -2.59. The van der Waals surface area contributed by atoms with Gasteiger partial charge in [0.25, 0.3) is 0 Å². The lowest BCUT2D eigenvalue weighted by Gasteiger charge is -2.15. The van der Waals surface area contributed by atoms with Crippen LogP contribution in [0.3, 0.4) is 0 Å². The first-order valence-electron chi connectivity index (χ1n) is 13.0. The number of aldehydes is 1. The van der Waals surface area contributed by atoms with Gasteiger partial charge in [0.1, 0.15) is 10.8 Å². The number of urea groups is 1. The third kappa shape index (κ3) is 6.69. The van der Waals surface area contributed by atoms with Gasteiger partial charge >= 0.3 is 6.03 Å². The lowest BCUT2D eigenvalue weighted by Crippen LogP contribution is -2.29. The molecule has 204 valence electrons. The van der Waals surface area contributed by atoms with Crippen molar-refractivity contribution >= 4 is 40.0 Å². The summed E-state index contributed by atoms with van der Waals surface area (Å²) in [5, 5.41) is 9.82. The zero-order valence-corrected chi connectivity index (χ0v) is 24.1. The second-order valence-electron chi connectivity index (χ2n) is 10.4. The third-order valence-electron chi connectivity index (χ3n) is 6.75. The molecule has 1 aliphatic carbocycles. The molecular formula is C29H36FN3O3S2. The van der Waals surface area contributed by atoms with E-state index in [1.54, 1.807) is 30.6 Å². The van der Waals surface area contributed by atoms with E-state index in [9.17, 15) is 14.0 Å². The number of hydrogen-bond acceptors (Lipinski definition) is 6. The molecule has 9 heteroatoms. The van der Waals surface area contributed by atoms with Crippen LogP contribution in [-0.2, 0) is 37.1 Å². The highest BCUT2D eigenvalue weighted by atomic mass is 32.1. The zero-order valence-electron chi connectivity index (χ0n) is 22.5. The highest BCUT2D eigenvalue weighted by Gasteiger charge is 2.24. The average Bonchev–Trinajstić information content (AvgIpc) is 3.45. The lowest BCUT2D eigenvalue weighted by molar-refractivity contribution is 0.0397. The molecule has 0 saturated carbocycles.